The van der Waals surface area contributed by atoms with Crippen molar-refractivity contribution in [3.8, 4) is 11.4 Å². The lowest BCUT2D eigenvalue weighted by Crippen LogP contribution is -2.36. The Hall–Kier alpha value is -2.92. The quantitative estimate of drug-likeness (QED) is 0.433. The lowest BCUT2D eigenvalue weighted by Gasteiger charge is -2.11. The first-order valence-electron chi connectivity index (χ1n) is 8.26. The van der Waals surface area contributed by atoms with Crippen LogP contribution in [0.4, 0.5) is 18.9 Å². The molecule has 0 saturated carbocycles. The molecule has 3 aromatic rings. The van der Waals surface area contributed by atoms with Gasteiger partial charge in [-0.3, -0.25) is 9.32 Å². The van der Waals surface area contributed by atoms with Crippen molar-refractivity contribution in [2.45, 2.75) is 11.2 Å². The summed E-state index contributed by atoms with van der Waals surface area (Å²) in [5, 5.41) is 4.77. The minimum atomic E-state index is -4.58. The smallest absolute Gasteiger partial charge is 0.442 e. The molecule has 1 amide bonds. The molecule has 3 rings (SSSR count). The number of rotatable bonds is 6. The number of carbonyl (C=O) groups is 1. The predicted octanol–water partition coefficient (Wildman–Crippen LogP) is 3.66. The average molecular weight is 461 g/mol. The van der Waals surface area contributed by atoms with Gasteiger partial charge in [-0.05, 0) is 52.0 Å². The molecule has 0 unspecified atom stereocenters. The molecule has 2 N–H and O–H groups in total. The minimum Gasteiger partial charge on any atom is -0.497 e. The molecule has 0 aliphatic carbocycles. The summed E-state index contributed by atoms with van der Waals surface area (Å²) in [5.74, 6) is -0.314. The summed E-state index contributed by atoms with van der Waals surface area (Å²) in [6.07, 6.45) is -4.58. The van der Waals surface area contributed by atoms with Crippen molar-refractivity contribution < 1.29 is 31.9 Å². The Morgan fingerprint density at radius 3 is 2.60 bits per heavy atom. The fourth-order valence-electron chi connectivity index (χ4n) is 2.41. The molecule has 1 heterocycles. The number of ether oxygens (including phenoxy) is 1. The first kappa shape index (κ1) is 21.8. The van der Waals surface area contributed by atoms with E-state index in [9.17, 15) is 22.8 Å². The van der Waals surface area contributed by atoms with Crippen molar-refractivity contribution in [1.82, 2.24) is 5.27 Å². The van der Waals surface area contributed by atoms with Crippen LogP contribution in [0.25, 0.3) is 5.69 Å². The maximum Gasteiger partial charge on any atom is 0.442 e. The number of nitrogens with zero attached hydrogens (tertiary/aromatic N) is 1. The number of methoxy groups -OCH3 is 1. The number of benzene rings is 2. The largest absolute Gasteiger partial charge is 0.497 e. The molecule has 7 nitrogen and oxygen atoms in total. The number of anilines is 1. The highest BCUT2D eigenvalue weighted by molar-refractivity contribution is 7.99. The topological polar surface area (TPSA) is 88.2 Å². The summed E-state index contributed by atoms with van der Waals surface area (Å²) in [4.78, 5) is 24.2. The van der Waals surface area contributed by atoms with Gasteiger partial charge in [0.25, 0.3) is 0 Å². The Kier molecular flexibility index (Phi) is 6.42. The first-order valence-corrected chi connectivity index (χ1v) is 9.62. The normalized spacial score (nSPS) is 11.4. The lowest BCUT2D eigenvalue weighted by atomic mass is 10.2. The number of nitrogens with one attached hydrogen (secondary N) is 2. The molecule has 12 heteroatoms. The van der Waals surface area contributed by atoms with E-state index in [0.29, 0.717) is 11.4 Å². The van der Waals surface area contributed by atoms with E-state index in [2.05, 4.69) is 10.6 Å². The fraction of sp³-hybridized carbons (Fsp3) is 0.167. The molecule has 0 spiro atoms. The number of hydrogen-bond acceptors (Lipinski definition) is 5. The monoisotopic (exact) mass is 460 g/mol. The number of amides is 1. The van der Waals surface area contributed by atoms with Crippen LogP contribution in [0.1, 0.15) is 5.56 Å². The second-order valence-electron chi connectivity index (χ2n) is 5.85. The number of hydrogen-bond donors (Lipinski definition) is 2. The van der Waals surface area contributed by atoms with Crippen LogP contribution in [0.3, 0.4) is 0 Å². The fourth-order valence-corrected chi connectivity index (χ4v) is 3.34. The van der Waals surface area contributed by atoms with Crippen molar-refractivity contribution in [2.24, 2.45) is 0 Å². The third kappa shape index (κ3) is 4.97. The van der Waals surface area contributed by atoms with Gasteiger partial charge in [0.05, 0.1) is 29.1 Å². The van der Waals surface area contributed by atoms with Gasteiger partial charge in [0.1, 0.15) is 5.75 Å². The summed E-state index contributed by atoms with van der Waals surface area (Å²) in [5.41, 5.74) is -1.29. The highest BCUT2D eigenvalue weighted by atomic mass is 35.5. The Balaban J connectivity index is 1.73. The zero-order valence-corrected chi connectivity index (χ0v) is 16.8. The van der Waals surface area contributed by atoms with Crippen LogP contribution in [0.5, 0.6) is 5.75 Å². The van der Waals surface area contributed by atoms with E-state index in [1.807, 2.05) is 0 Å². The Morgan fingerprint density at radius 2 is 1.97 bits per heavy atom. The Bertz CT molecular complexity index is 1110. The summed E-state index contributed by atoms with van der Waals surface area (Å²) < 4.78 is 49.7. The van der Waals surface area contributed by atoms with Crippen molar-refractivity contribution >= 4 is 35.0 Å². The second-order valence-corrected chi connectivity index (χ2v) is 7.22. The van der Waals surface area contributed by atoms with Gasteiger partial charge in [-0.15, -0.1) is 0 Å². The number of H-pyrrole nitrogens is 1. The summed E-state index contributed by atoms with van der Waals surface area (Å²) >= 11 is 6.72. The standard InChI is InChI=1S/C18H13ClF3N3O4S/c1-28-12-5-3-11(4-6-12)25-16(17(27)29-24-25)30-9-15(26)23-14-8-10(18(20,21)22)2-7-13(14)19/h2-8H,9H2,1H3,(H-,23,24,26,27)/p+1. The van der Waals surface area contributed by atoms with Gasteiger partial charge in [-0.2, -0.15) is 13.2 Å². The highest BCUT2D eigenvalue weighted by Gasteiger charge is 2.31. The van der Waals surface area contributed by atoms with Gasteiger partial charge in [0, 0.05) is 12.1 Å². The molecule has 0 saturated heterocycles. The van der Waals surface area contributed by atoms with Gasteiger partial charge in [-0.25, -0.2) is 4.79 Å². The van der Waals surface area contributed by atoms with Crippen LogP contribution in [0.2, 0.25) is 5.02 Å². The highest BCUT2D eigenvalue weighted by Crippen LogP contribution is 2.33. The van der Waals surface area contributed by atoms with E-state index < -0.39 is 23.3 Å². The molecule has 30 heavy (non-hydrogen) atoms. The van der Waals surface area contributed by atoms with E-state index in [-0.39, 0.29) is 21.5 Å². The predicted molar refractivity (Wildman–Crippen MR) is 103 cm³/mol. The van der Waals surface area contributed by atoms with E-state index in [1.54, 1.807) is 24.3 Å². The molecule has 1 aromatic heterocycles. The van der Waals surface area contributed by atoms with Gasteiger partial charge >= 0.3 is 16.8 Å². The van der Waals surface area contributed by atoms with E-state index in [0.717, 1.165) is 30.0 Å². The maximum atomic E-state index is 12.8. The maximum absolute atomic E-state index is 12.8. The van der Waals surface area contributed by atoms with Crippen molar-refractivity contribution in [3.63, 3.8) is 0 Å². The number of aromatic amines is 1. The van der Waals surface area contributed by atoms with Crippen LogP contribution < -0.4 is 20.4 Å². The van der Waals surface area contributed by atoms with E-state index >= 15 is 0 Å². The molecule has 0 bridgehead atoms. The molecule has 158 valence electrons. The van der Waals surface area contributed by atoms with Crippen LogP contribution in [-0.2, 0) is 11.0 Å². The van der Waals surface area contributed by atoms with Gasteiger partial charge in [0.2, 0.25) is 11.6 Å². The van der Waals surface area contributed by atoms with Crippen molar-refractivity contribution in [3.05, 3.63) is 63.5 Å². The minimum absolute atomic E-state index is 0.0456. The zero-order valence-electron chi connectivity index (χ0n) is 15.2. The Morgan fingerprint density at radius 1 is 1.27 bits per heavy atom. The van der Waals surface area contributed by atoms with Gasteiger partial charge < -0.3 is 10.1 Å². The van der Waals surface area contributed by atoms with Gasteiger partial charge in [0.15, 0.2) is 0 Å². The third-order valence-electron chi connectivity index (χ3n) is 3.85. The molecule has 0 aliphatic heterocycles. The number of alkyl halides is 3. The second kappa shape index (κ2) is 8.84. The van der Waals surface area contributed by atoms with E-state index in [1.165, 1.54) is 11.8 Å². The lowest BCUT2D eigenvalue weighted by molar-refractivity contribution is -0.704. The van der Waals surface area contributed by atoms with E-state index in [4.69, 9.17) is 20.9 Å². The Labute approximate surface area is 176 Å². The summed E-state index contributed by atoms with van der Waals surface area (Å²) in [6, 6.07) is 9.27. The van der Waals surface area contributed by atoms with Crippen LogP contribution in [0.15, 0.2) is 56.8 Å². The molecule has 2 aromatic carbocycles. The first-order chi connectivity index (χ1) is 14.2. The molecule has 0 fully saturated rings. The molecule has 0 atom stereocenters. The SMILES string of the molecule is COc1ccc(-[n+]2[nH]oc(=O)c2SCC(=O)Nc2cc(C(F)(F)F)ccc2Cl)cc1. The summed E-state index contributed by atoms with van der Waals surface area (Å²) in [7, 11) is 1.51. The number of halogens is 4. The molecular formula is C18H14ClF3N3O4S+. The number of carbonyl (C=O) groups excluding carboxylic acids is 1. The molecule has 0 aliphatic rings. The van der Waals surface area contributed by atoms with Crippen LogP contribution in [-0.4, -0.2) is 24.0 Å². The third-order valence-corrected chi connectivity index (χ3v) is 5.20. The molecule has 0 radical (unpaired) electrons. The number of aromatic nitrogens is 2. The zero-order chi connectivity index (χ0) is 21.9. The average Bonchev–Trinajstić information content (AvgIpc) is 3.07. The van der Waals surface area contributed by atoms with Crippen molar-refractivity contribution in [2.75, 3.05) is 18.2 Å². The van der Waals surface area contributed by atoms with Gasteiger partial charge in [-0.1, -0.05) is 11.6 Å². The van der Waals surface area contributed by atoms with Crippen LogP contribution >= 0.6 is 23.4 Å². The number of thioether (sulfide) groups is 1. The summed E-state index contributed by atoms with van der Waals surface area (Å²) in [6.45, 7) is 0. The molecular weight excluding hydrogens is 447 g/mol. The van der Waals surface area contributed by atoms with Crippen molar-refractivity contribution in [1.29, 1.82) is 0 Å². The van der Waals surface area contributed by atoms with Crippen LogP contribution in [0, 0.1) is 0 Å².